The number of hydrogen-bond donors (Lipinski definition) is 1. The van der Waals surface area contributed by atoms with Crippen molar-refractivity contribution in [2.75, 3.05) is 26.3 Å². The Morgan fingerprint density at radius 2 is 1.94 bits per heavy atom. The molecule has 0 spiro atoms. The van der Waals surface area contributed by atoms with Gasteiger partial charge in [0, 0.05) is 50.4 Å². The highest BCUT2D eigenvalue weighted by molar-refractivity contribution is 5.72. The number of fused-ring (bicyclic) bond motifs is 1. The SMILES string of the molecule is C[C@@H]1CN(Cc2c(F)cccc2F)C[C@H]1c1nc2[nH]ncc2c(=O)n1C1CCOCC1. The third kappa shape index (κ3) is 3.65. The molecule has 0 radical (unpaired) electrons. The van der Waals surface area contributed by atoms with Crippen LogP contribution in [-0.4, -0.2) is 51.0 Å². The van der Waals surface area contributed by atoms with Crippen molar-refractivity contribution in [1.82, 2.24) is 24.6 Å². The Kier molecular flexibility index (Phi) is 5.31. The summed E-state index contributed by atoms with van der Waals surface area (Å²) in [5.41, 5.74) is 0.467. The van der Waals surface area contributed by atoms with E-state index in [9.17, 15) is 13.6 Å². The molecule has 2 atom stereocenters. The molecule has 2 aromatic heterocycles. The van der Waals surface area contributed by atoms with Gasteiger partial charge >= 0.3 is 0 Å². The molecule has 0 unspecified atom stereocenters. The third-order valence-electron chi connectivity index (χ3n) is 6.56. The van der Waals surface area contributed by atoms with Gasteiger partial charge in [0.2, 0.25) is 0 Å². The quantitative estimate of drug-likeness (QED) is 0.690. The van der Waals surface area contributed by atoms with Gasteiger partial charge in [-0.2, -0.15) is 5.10 Å². The van der Waals surface area contributed by atoms with Crippen LogP contribution in [-0.2, 0) is 11.3 Å². The average molecular weight is 429 g/mol. The molecule has 3 aromatic rings. The van der Waals surface area contributed by atoms with Gasteiger partial charge in [-0.3, -0.25) is 19.4 Å². The van der Waals surface area contributed by atoms with Crippen LogP contribution in [0, 0.1) is 17.6 Å². The predicted octanol–water partition coefficient (Wildman–Crippen LogP) is 2.98. The van der Waals surface area contributed by atoms with Crippen LogP contribution in [0.15, 0.2) is 29.2 Å². The lowest BCUT2D eigenvalue weighted by Gasteiger charge is -2.28. The van der Waals surface area contributed by atoms with Crippen LogP contribution in [0.5, 0.6) is 0 Å². The minimum Gasteiger partial charge on any atom is -0.381 e. The Hall–Kier alpha value is -2.65. The summed E-state index contributed by atoms with van der Waals surface area (Å²) in [6, 6.07) is 3.96. The summed E-state index contributed by atoms with van der Waals surface area (Å²) in [5.74, 6) is -0.205. The lowest BCUT2D eigenvalue weighted by atomic mass is 9.96. The highest BCUT2D eigenvalue weighted by Crippen LogP contribution is 2.35. The molecule has 4 heterocycles. The first kappa shape index (κ1) is 20.3. The number of benzene rings is 1. The van der Waals surface area contributed by atoms with Crippen molar-refractivity contribution in [1.29, 1.82) is 0 Å². The van der Waals surface area contributed by atoms with E-state index >= 15 is 0 Å². The zero-order valence-corrected chi connectivity index (χ0v) is 17.4. The van der Waals surface area contributed by atoms with Gasteiger partial charge < -0.3 is 4.74 Å². The van der Waals surface area contributed by atoms with Crippen LogP contribution in [0.4, 0.5) is 8.78 Å². The molecule has 1 aromatic carbocycles. The summed E-state index contributed by atoms with van der Waals surface area (Å²) in [4.78, 5) is 20.2. The zero-order chi connectivity index (χ0) is 21.5. The lowest BCUT2D eigenvalue weighted by molar-refractivity contribution is 0.0672. The molecule has 0 bridgehead atoms. The fourth-order valence-corrected chi connectivity index (χ4v) is 4.92. The van der Waals surface area contributed by atoms with Gasteiger partial charge in [0.25, 0.3) is 5.56 Å². The summed E-state index contributed by atoms with van der Waals surface area (Å²) in [6.07, 6.45) is 3.03. The van der Waals surface area contributed by atoms with Gasteiger partial charge in [0.15, 0.2) is 5.65 Å². The number of likely N-dealkylation sites (tertiary alicyclic amines) is 1. The van der Waals surface area contributed by atoms with E-state index in [2.05, 4.69) is 17.1 Å². The maximum absolute atomic E-state index is 14.2. The largest absolute Gasteiger partial charge is 0.381 e. The van der Waals surface area contributed by atoms with Gasteiger partial charge in [-0.1, -0.05) is 13.0 Å². The molecular weight excluding hydrogens is 404 g/mol. The fraction of sp³-hybridized carbons (Fsp3) is 0.500. The molecule has 1 N–H and O–H groups in total. The van der Waals surface area contributed by atoms with E-state index in [4.69, 9.17) is 9.72 Å². The van der Waals surface area contributed by atoms with Gasteiger partial charge in [0.05, 0.1) is 6.20 Å². The second kappa shape index (κ2) is 8.12. The van der Waals surface area contributed by atoms with E-state index in [-0.39, 0.29) is 35.5 Å². The van der Waals surface area contributed by atoms with E-state index in [1.165, 1.54) is 24.4 Å². The summed E-state index contributed by atoms with van der Waals surface area (Å²) < 4.78 is 35.7. The maximum atomic E-state index is 14.2. The number of halogens is 2. The minimum atomic E-state index is -0.535. The Morgan fingerprint density at radius 1 is 1.19 bits per heavy atom. The van der Waals surface area contributed by atoms with Crippen molar-refractivity contribution in [3.8, 4) is 0 Å². The number of hydrogen-bond acceptors (Lipinski definition) is 5. The summed E-state index contributed by atoms with van der Waals surface area (Å²) in [5, 5.41) is 7.31. The molecule has 0 saturated carbocycles. The highest BCUT2D eigenvalue weighted by atomic mass is 19.1. The number of aromatic amines is 1. The number of rotatable bonds is 4. The number of aromatic nitrogens is 4. The van der Waals surface area contributed by atoms with Crippen LogP contribution < -0.4 is 5.56 Å². The number of H-pyrrole nitrogens is 1. The first-order chi connectivity index (χ1) is 15.0. The summed E-state index contributed by atoms with van der Waals surface area (Å²) >= 11 is 0. The van der Waals surface area contributed by atoms with Crippen LogP contribution in [0.2, 0.25) is 0 Å². The van der Waals surface area contributed by atoms with E-state index in [0.717, 1.165) is 18.7 Å². The second-order valence-corrected chi connectivity index (χ2v) is 8.60. The van der Waals surface area contributed by atoms with Crippen LogP contribution in [0.3, 0.4) is 0 Å². The molecule has 2 aliphatic heterocycles. The van der Waals surface area contributed by atoms with E-state index in [1.54, 1.807) is 0 Å². The predicted molar refractivity (Wildman–Crippen MR) is 111 cm³/mol. The van der Waals surface area contributed by atoms with Crippen molar-refractivity contribution >= 4 is 11.0 Å². The van der Waals surface area contributed by atoms with Gasteiger partial charge in [-0.05, 0) is 30.9 Å². The molecule has 2 aliphatic rings. The second-order valence-electron chi connectivity index (χ2n) is 8.60. The zero-order valence-electron chi connectivity index (χ0n) is 17.4. The standard InChI is InChI=1S/C22H25F2N5O2/c1-13-10-28(12-17-18(23)3-2-4-19(17)24)11-16(13)21-26-20-15(9-25-27-20)22(30)29(21)14-5-7-31-8-6-14/h2-4,9,13-14,16H,5-8,10-12H2,1H3,(H,25,27)/t13-,16-/m1/s1. The molecule has 5 rings (SSSR count). The fourth-order valence-electron chi connectivity index (χ4n) is 4.92. The summed E-state index contributed by atoms with van der Waals surface area (Å²) in [6.45, 7) is 4.75. The molecule has 2 fully saturated rings. The Labute approximate surface area is 178 Å². The number of nitrogens with one attached hydrogen (secondary N) is 1. The molecule has 31 heavy (non-hydrogen) atoms. The van der Waals surface area contributed by atoms with Crippen molar-refractivity contribution in [3.63, 3.8) is 0 Å². The van der Waals surface area contributed by atoms with E-state index in [1.807, 2.05) is 9.47 Å². The first-order valence-electron chi connectivity index (χ1n) is 10.7. The van der Waals surface area contributed by atoms with E-state index in [0.29, 0.717) is 37.3 Å². The Bertz CT molecular complexity index is 1130. The normalized spacial score (nSPS) is 23.1. The van der Waals surface area contributed by atoms with Gasteiger partial charge in [-0.15, -0.1) is 0 Å². The number of ether oxygens (including phenoxy) is 1. The summed E-state index contributed by atoms with van der Waals surface area (Å²) in [7, 11) is 0. The highest BCUT2D eigenvalue weighted by Gasteiger charge is 2.36. The number of nitrogens with zero attached hydrogens (tertiary/aromatic N) is 4. The van der Waals surface area contributed by atoms with Crippen molar-refractivity contribution in [2.45, 2.75) is 38.3 Å². The Morgan fingerprint density at radius 3 is 2.68 bits per heavy atom. The maximum Gasteiger partial charge on any atom is 0.264 e. The van der Waals surface area contributed by atoms with Crippen molar-refractivity contribution in [3.05, 3.63) is 57.8 Å². The topological polar surface area (TPSA) is 76.0 Å². The molecule has 0 amide bonds. The molecule has 0 aliphatic carbocycles. The first-order valence-corrected chi connectivity index (χ1v) is 10.7. The van der Waals surface area contributed by atoms with Crippen LogP contribution in [0.1, 0.15) is 43.1 Å². The van der Waals surface area contributed by atoms with Crippen molar-refractivity contribution < 1.29 is 13.5 Å². The molecule has 9 heteroatoms. The van der Waals surface area contributed by atoms with Gasteiger partial charge in [-0.25, -0.2) is 13.8 Å². The molecular formula is C22H25F2N5O2. The Balaban J connectivity index is 1.50. The third-order valence-corrected chi connectivity index (χ3v) is 6.56. The minimum absolute atomic E-state index is 0.0216. The average Bonchev–Trinajstić information content (AvgIpc) is 3.38. The monoisotopic (exact) mass is 429 g/mol. The van der Waals surface area contributed by atoms with Crippen molar-refractivity contribution in [2.24, 2.45) is 5.92 Å². The van der Waals surface area contributed by atoms with Gasteiger partial charge in [0.1, 0.15) is 22.8 Å². The molecule has 7 nitrogen and oxygen atoms in total. The van der Waals surface area contributed by atoms with Crippen LogP contribution >= 0.6 is 0 Å². The van der Waals surface area contributed by atoms with Crippen LogP contribution in [0.25, 0.3) is 11.0 Å². The smallest absolute Gasteiger partial charge is 0.264 e. The van der Waals surface area contributed by atoms with E-state index < -0.39 is 11.6 Å². The lowest BCUT2D eigenvalue weighted by Crippen LogP contribution is -2.34. The molecule has 2 saturated heterocycles. The molecule has 164 valence electrons.